The van der Waals surface area contributed by atoms with E-state index in [2.05, 4.69) is 146 Å². The summed E-state index contributed by atoms with van der Waals surface area (Å²) in [5, 5.41) is 4.68. The SMILES string of the molecule is CC1(C)c2ccccc2-c2c(-c3ccccc3)nc(-c3ccc(-n4c5ccccc5c5ccc6oc7ccccc7c6c54)cc3)nc21. The molecule has 3 aromatic heterocycles. The maximum atomic E-state index is 6.32. The van der Waals surface area contributed by atoms with Gasteiger partial charge in [-0.3, -0.25) is 0 Å². The van der Waals surface area contributed by atoms with E-state index in [-0.39, 0.29) is 5.41 Å². The fourth-order valence-corrected chi connectivity index (χ4v) is 7.77. The Bertz CT molecular complexity index is 2700. The lowest BCUT2D eigenvalue weighted by Crippen LogP contribution is -2.17. The van der Waals surface area contributed by atoms with E-state index in [1.165, 1.54) is 21.9 Å². The molecule has 0 atom stereocenters. The minimum absolute atomic E-state index is 0.241. The van der Waals surface area contributed by atoms with Crippen molar-refractivity contribution in [1.29, 1.82) is 0 Å². The predicted octanol–water partition coefficient (Wildman–Crippen LogP) is 11.1. The first kappa shape index (κ1) is 26.2. The highest BCUT2D eigenvalue weighted by molar-refractivity contribution is 6.24. The molecule has 0 saturated carbocycles. The first-order valence-electron chi connectivity index (χ1n) is 16.1. The van der Waals surface area contributed by atoms with Gasteiger partial charge in [0.05, 0.1) is 27.8 Å². The molecule has 0 spiro atoms. The van der Waals surface area contributed by atoms with Crippen LogP contribution in [0, 0.1) is 0 Å². The highest BCUT2D eigenvalue weighted by Gasteiger charge is 2.39. The van der Waals surface area contributed by atoms with Gasteiger partial charge in [0.2, 0.25) is 0 Å². The van der Waals surface area contributed by atoms with Gasteiger partial charge >= 0.3 is 0 Å². The van der Waals surface area contributed by atoms with Gasteiger partial charge in [0.1, 0.15) is 11.2 Å². The Balaban J connectivity index is 1.19. The largest absolute Gasteiger partial charge is 0.456 e. The summed E-state index contributed by atoms with van der Waals surface area (Å²) in [6, 6.07) is 49.1. The lowest BCUT2D eigenvalue weighted by atomic mass is 9.85. The number of nitrogens with zero attached hydrogens (tertiary/aromatic N) is 3. The summed E-state index contributed by atoms with van der Waals surface area (Å²) in [5.41, 5.74) is 12.7. The summed E-state index contributed by atoms with van der Waals surface area (Å²) in [6.07, 6.45) is 0. The van der Waals surface area contributed by atoms with Crippen molar-refractivity contribution in [3.05, 3.63) is 151 Å². The summed E-state index contributed by atoms with van der Waals surface area (Å²) >= 11 is 0. The van der Waals surface area contributed by atoms with Gasteiger partial charge in [0, 0.05) is 44.0 Å². The van der Waals surface area contributed by atoms with Gasteiger partial charge in [0.15, 0.2) is 5.82 Å². The molecule has 10 rings (SSSR count). The zero-order valence-electron chi connectivity index (χ0n) is 26.0. The Morgan fingerprint density at radius 2 is 1.30 bits per heavy atom. The van der Waals surface area contributed by atoms with Crippen LogP contribution in [0.15, 0.2) is 144 Å². The third kappa shape index (κ3) is 3.64. The lowest BCUT2D eigenvalue weighted by Gasteiger charge is -2.21. The van der Waals surface area contributed by atoms with Crippen LogP contribution in [-0.2, 0) is 5.41 Å². The van der Waals surface area contributed by atoms with Crippen LogP contribution in [0.3, 0.4) is 0 Å². The van der Waals surface area contributed by atoms with Gasteiger partial charge in [-0.1, -0.05) is 105 Å². The Kier molecular flexibility index (Phi) is 5.31. The molecule has 0 unspecified atom stereocenters. The number of benzene rings is 6. The third-order valence-electron chi connectivity index (χ3n) is 9.98. The minimum atomic E-state index is -0.241. The van der Waals surface area contributed by atoms with Gasteiger partial charge in [-0.2, -0.15) is 0 Å². The summed E-state index contributed by atoms with van der Waals surface area (Å²) in [6.45, 7) is 4.55. The second-order valence-electron chi connectivity index (χ2n) is 13.0. The Morgan fingerprint density at radius 1 is 0.574 bits per heavy atom. The van der Waals surface area contributed by atoms with Crippen LogP contribution in [0.25, 0.3) is 83.2 Å². The number of para-hydroxylation sites is 2. The molecule has 4 nitrogen and oxygen atoms in total. The molecule has 0 fully saturated rings. The summed E-state index contributed by atoms with van der Waals surface area (Å²) in [5.74, 6) is 0.737. The molecule has 3 heterocycles. The highest BCUT2D eigenvalue weighted by Crippen LogP contribution is 2.51. The van der Waals surface area contributed by atoms with Gasteiger partial charge in [-0.25, -0.2) is 9.97 Å². The number of hydrogen-bond acceptors (Lipinski definition) is 3. The van der Waals surface area contributed by atoms with E-state index in [1.807, 2.05) is 12.1 Å². The number of hydrogen-bond donors (Lipinski definition) is 0. The van der Waals surface area contributed by atoms with E-state index in [9.17, 15) is 0 Å². The third-order valence-corrected chi connectivity index (χ3v) is 9.98. The van der Waals surface area contributed by atoms with Crippen molar-refractivity contribution in [2.75, 3.05) is 0 Å². The molecule has 0 aliphatic heterocycles. The molecule has 0 bridgehead atoms. The van der Waals surface area contributed by atoms with Gasteiger partial charge in [-0.15, -0.1) is 0 Å². The molecule has 0 radical (unpaired) electrons. The van der Waals surface area contributed by atoms with Crippen molar-refractivity contribution in [3.8, 4) is 39.5 Å². The van der Waals surface area contributed by atoms with E-state index in [1.54, 1.807) is 0 Å². The molecule has 6 aromatic carbocycles. The molecule has 0 amide bonds. The molecular formula is C43H29N3O. The first-order valence-corrected chi connectivity index (χ1v) is 16.1. The fraction of sp³-hybridized carbons (Fsp3) is 0.0698. The topological polar surface area (TPSA) is 43.9 Å². The molecule has 0 saturated heterocycles. The molecule has 9 aromatic rings. The molecule has 4 heteroatoms. The molecule has 0 N–H and O–H groups in total. The van der Waals surface area contributed by atoms with E-state index < -0.39 is 0 Å². The van der Waals surface area contributed by atoms with Crippen LogP contribution in [-0.4, -0.2) is 14.5 Å². The molecule has 47 heavy (non-hydrogen) atoms. The lowest BCUT2D eigenvalue weighted by molar-refractivity contribution is 0.636. The number of aromatic nitrogens is 3. The quantitative estimate of drug-likeness (QED) is 0.202. The van der Waals surface area contributed by atoms with Crippen LogP contribution < -0.4 is 0 Å². The maximum Gasteiger partial charge on any atom is 0.160 e. The number of rotatable bonds is 3. The monoisotopic (exact) mass is 603 g/mol. The first-order chi connectivity index (χ1) is 23.1. The van der Waals surface area contributed by atoms with Crippen molar-refractivity contribution < 1.29 is 4.42 Å². The summed E-state index contributed by atoms with van der Waals surface area (Å²) in [7, 11) is 0. The smallest absolute Gasteiger partial charge is 0.160 e. The van der Waals surface area contributed by atoms with Crippen LogP contribution in [0.4, 0.5) is 0 Å². The number of fused-ring (bicyclic) bond motifs is 10. The Hall–Kier alpha value is -6.00. The van der Waals surface area contributed by atoms with Crippen LogP contribution >= 0.6 is 0 Å². The van der Waals surface area contributed by atoms with E-state index in [0.717, 1.165) is 72.6 Å². The predicted molar refractivity (Wildman–Crippen MR) is 192 cm³/mol. The zero-order chi connectivity index (χ0) is 31.3. The van der Waals surface area contributed by atoms with Gasteiger partial charge in [0.25, 0.3) is 0 Å². The van der Waals surface area contributed by atoms with Crippen LogP contribution in [0.5, 0.6) is 0 Å². The number of furan rings is 1. The summed E-state index contributed by atoms with van der Waals surface area (Å²) in [4.78, 5) is 10.6. The Morgan fingerprint density at radius 3 is 2.15 bits per heavy atom. The standard InChI is InChI=1S/C43H29N3O/c1-43(2)33-17-9-6-15-31(33)38-39(26-12-4-3-5-13-26)44-42(45-41(38)43)27-20-22-28(23-21-27)46-34-18-10-7-14-29(34)30-24-25-36-37(40(30)46)32-16-8-11-19-35(32)47-36/h3-25H,1-2H3. The van der Waals surface area contributed by atoms with Crippen molar-refractivity contribution in [2.24, 2.45) is 0 Å². The van der Waals surface area contributed by atoms with E-state index in [0.29, 0.717) is 0 Å². The van der Waals surface area contributed by atoms with Crippen LogP contribution in [0.1, 0.15) is 25.1 Å². The van der Waals surface area contributed by atoms with E-state index in [4.69, 9.17) is 14.4 Å². The van der Waals surface area contributed by atoms with E-state index >= 15 is 0 Å². The highest BCUT2D eigenvalue weighted by atomic mass is 16.3. The molecular weight excluding hydrogens is 574 g/mol. The van der Waals surface area contributed by atoms with Gasteiger partial charge in [-0.05, 0) is 59.7 Å². The van der Waals surface area contributed by atoms with Crippen molar-refractivity contribution >= 4 is 43.7 Å². The summed E-state index contributed by atoms with van der Waals surface area (Å²) < 4.78 is 8.69. The molecule has 1 aliphatic carbocycles. The van der Waals surface area contributed by atoms with Crippen molar-refractivity contribution in [2.45, 2.75) is 19.3 Å². The van der Waals surface area contributed by atoms with Crippen molar-refractivity contribution in [1.82, 2.24) is 14.5 Å². The molecule has 222 valence electrons. The second kappa shape index (κ2) is 9.51. The average molecular weight is 604 g/mol. The second-order valence-corrected chi connectivity index (χ2v) is 13.0. The van der Waals surface area contributed by atoms with Gasteiger partial charge < -0.3 is 8.98 Å². The van der Waals surface area contributed by atoms with Crippen LogP contribution in [0.2, 0.25) is 0 Å². The average Bonchev–Trinajstić information content (AvgIpc) is 3.74. The Labute approximate surface area is 271 Å². The molecule has 1 aliphatic rings. The van der Waals surface area contributed by atoms with Crippen molar-refractivity contribution in [3.63, 3.8) is 0 Å². The normalized spacial score (nSPS) is 13.5. The minimum Gasteiger partial charge on any atom is -0.456 e. The zero-order valence-corrected chi connectivity index (χ0v) is 26.0. The fourth-order valence-electron chi connectivity index (χ4n) is 7.77. The maximum absolute atomic E-state index is 6.32.